The lowest BCUT2D eigenvalue weighted by Gasteiger charge is -2.29. The number of nitrogens with zero attached hydrogens (tertiary/aromatic N) is 1. The van der Waals surface area contributed by atoms with Gasteiger partial charge in [0.25, 0.3) is 5.91 Å². The summed E-state index contributed by atoms with van der Waals surface area (Å²) in [6.07, 6.45) is 6.90. The number of para-hydroxylation sites is 1. The molecule has 2 fully saturated rings. The average molecular weight is 531 g/mol. The van der Waals surface area contributed by atoms with Crippen LogP contribution in [0.3, 0.4) is 0 Å². The van der Waals surface area contributed by atoms with Gasteiger partial charge in [-0.1, -0.05) is 31.4 Å². The van der Waals surface area contributed by atoms with Crippen molar-refractivity contribution in [2.75, 3.05) is 17.2 Å². The molecule has 1 aliphatic carbocycles. The van der Waals surface area contributed by atoms with Crippen LogP contribution in [0.15, 0.2) is 30.3 Å². The van der Waals surface area contributed by atoms with E-state index in [1.165, 1.54) is 23.1 Å². The topological polar surface area (TPSA) is 94.5 Å². The summed E-state index contributed by atoms with van der Waals surface area (Å²) in [7, 11) is 0. The number of ether oxygens (including phenoxy) is 1. The van der Waals surface area contributed by atoms with Crippen LogP contribution in [0, 0.1) is 23.0 Å². The van der Waals surface area contributed by atoms with E-state index < -0.39 is 30.2 Å². The first-order chi connectivity index (χ1) is 18.3. The number of anilines is 2. The first-order valence-electron chi connectivity index (χ1n) is 13.1. The van der Waals surface area contributed by atoms with Gasteiger partial charge in [0.2, 0.25) is 0 Å². The Morgan fingerprint density at radius 1 is 1.08 bits per heavy atom. The van der Waals surface area contributed by atoms with E-state index in [4.69, 9.17) is 10.1 Å². The number of benzene rings is 2. The first kappa shape index (κ1) is 27.5. The summed E-state index contributed by atoms with van der Waals surface area (Å²) in [5.41, 5.74) is -0.787. The van der Waals surface area contributed by atoms with Crippen LogP contribution in [0.4, 0.5) is 29.3 Å². The third-order valence-electron chi connectivity index (χ3n) is 7.28. The minimum absolute atomic E-state index is 0.0177. The van der Waals surface area contributed by atoms with Crippen molar-refractivity contribution in [3.8, 4) is 5.75 Å². The van der Waals surface area contributed by atoms with Crippen molar-refractivity contribution in [3.63, 3.8) is 0 Å². The van der Waals surface area contributed by atoms with Gasteiger partial charge in [0.05, 0.1) is 23.0 Å². The fourth-order valence-corrected chi connectivity index (χ4v) is 5.06. The zero-order chi connectivity index (χ0) is 27.2. The maximum Gasteiger partial charge on any atom is 0.327 e. The van der Waals surface area contributed by atoms with Crippen molar-refractivity contribution < 1.29 is 27.5 Å². The van der Waals surface area contributed by atoms with Gasteiger partial charge in [-0.2, -0.15) is 0 Å². The number of piperidine rings is 1. The molecule has 1 unspecified atom stereocenters. The van der Waals surface area contributed by atoms with Crippen LogP contribution < -0.4 is 15.4 Å². The predicted molar refractivity (Wildman–Crippen MR) is 140 cm³/mol. The number of amidine groups is 1. The van der Waals surface area contributed by atoms with Gasteiger partial charge in [0.1, 0.15) is 29.9 Å². The number of urea groups is 1. The summed E-state index contributed by atoms with van der Waals surface area (Å²) in [6, 6.07) is 5.29. The number of carbonyl (C=O) groups excluding carboxylic acids is 2. The van der Waals surface area contributed by atoms with Crippen LogP contribution in [0.5, 0.6) is 5.75 Å². The normalized spacial score (nSPS) is 17.2. The summed E-state index contributed by atoms with van der Waals surface area (Å²) < 4.78 is 49.2. The predicted octanol–water partition coefficient (Wildman–Crippen LogP) is 7.03. The van der Waals surface area contributed by atoms with E-state index >= 15 is 4.39 Å². The molecule has 2 aromatic rings. The minimum Gasteiger partial charge on any atom is -0.490 e. The number of amides is 3. The zero-order valence-electron chi connectivity index (χ0n) is 21.4. The molecule has 204 valence electrons. The molecule has 7 nitrogen and oxygen atoms in total. The van der Waals surface area contributed by atoms with E-state index in [1.54, 1.807) is 0 Å². The molecular formula is C28H33F3N4O3. The lowest BCUT2D eigenvalue weighted by Crippen LogP contribution is -2.42. The number of halogens is 3. The molecule has 1 saturated heterocycles. The number of hydrogen-bond donors (Lipinski definition) is 3. The summed E-state index contributed by atoms with van der Waals surface area (Å²) >= 11 is 0. The molecule has 1 atom stereocenters. The van der Waals surface area contributed by atoms with E-state index in [2.05, 4.69) is 10.6 Å². The highest BCUT2D eigenvalue weighted by molar-refractivity contribution is 6.08. The third-order valence-corrected chi connectivity index (χ3v) is 7.28. The summed E-state index contributed by atoms with van der Waals surface area (Å²) in [5, 5.41) is 12.9. The molecule has 2 aliphatic rings. The molecule has 38 heavy (non-hydrogen) atoms. The SMILES string of the molecule is CC(Oc1cc(NC(=O)N2CCCCC2=N)c(F)cc1C(=O)Nc1c(F)cccc1CF)C1CCCCC1. The Labute approximate surface area is 220 Å². The van der Waals surface area contributed by atoms with Gasteiger partial charge in [0.15, 0.2) is 0 Å². The summed E-state index contributed by atoms with van der Waals surface area (Å²) in [5.74, 6) is -2.18. The highest BCUT2D eigenvalue weighted by Crippen LogP contribution is 2.34. The lowest BCUT2D eigenvalue weighted by molar-refractivity contribution is 0.0996. The van der Waals surface area contributed by atoms with Gasteiger partial charge in [-0.15, -0.1) is 0 Å². The van der Waals surface area contributed by atoms with Crippen molar-refractivity contribution in [3.05, 3.63) is 53.1 Å². The number of alkyl halides is 1. The molecule has 1 saturated carbocycles. The molecular weight excluding hydrogens is 497 g/mol. The minimum atomic E-state index is -1.000. The van der Waals surface area contributed by atoms with E-state index in [0.717, 1.165) is 57.1 Å². The Kier molecular flexibility index (Phi) is 8.91. The van der Waals surface area contributed by atoms with E-state index in [-0.39, 0.29) is 46.1 Å². The maximum absolute atomic E-state index is 15.2. The van der Waals surface area contributed by atoms with Crippen LogP contribution in [0.1, 0.15) is 74.2 Å². The van der Waals surface area contributed by atoms with Gasteiger partial charge in [0, 0.05) is 24.6 Å². The number of nitrogens with one attached hydrogen (secondary N) is 3. The molecule has 2 aromatic carbocycles. The summed E-state index contributed by atoms with van der Waals surface area (Å²) in [6.45, 7) is 1.24. The van der Waals surface area contributed by atoms with Crippen molar-refractivity contribution >= 4 is 29.1 Å². The first-order valence-corrected chi connectivity index (χ1v) is 13.1. The highest BCUT2D eigenvalue weighted by atomic mass is 19.1. The molecule has 0 radical (unpaired) electrons. The van der Waals surface area contributed by atoms with Crippen molar-refractivity contribution in [2.45, 2.75) is 71.1 Å². The van der Waals surface area contributed by atoms with Gasteiger partial charge < -0.3 is 15.4 Å². The molecule has 1 heterocycles. The van der Waals surface area contributed by atoms with E-state index in [9.17, 15) is 18.4 Å². The zero-order valence-corrected chi connectivity index (χ0v) is 21.4. The highest BCUT2D eigenvalue weighted by Gasteiger charge is 2.27. The van der Waals surface area contributed by atoms with Gasteiger partial charge in [-0.3, -0.25) is 15.1 Å². The second-order valence-electron chi connectivity index (χ2n) is 9.90. The van der Waals surface area contributed by atoms with Crippen LogP contribution in [0.2, 0.25) is 0 Å². The molecule has 0 aromatic heterocycles. The third kappa shape index (κ3) is 6.28. The van der Waals surface area contributed by atoms with Crippen molar-refractivity contribution in [1.82, 2.24) is 4.90 Å². The number of hydrogen-bond acceptors (Lipinski definition) is 4. The van der Waals surface area contributed by atoms with Crippen LogP contribution in [-0.2, 0) is 6.67 Å². The number of likely N-dealkylation sites (tertiary alicyclic amines) is 1. The standard InChI is InChI=1S/C28H33F3N4O3/c1-17(18-8-3-2-4-9-18)38-24-15-23(33-28(37)35-13-6-5-12-25(35)32)22(31)14-20(24)27(36)34-26-19(16-29)10-7-11-21(26)30/h7,10-11,14-15,17-18,32H,2-6,8-9,12-13,16H2,1H3,(H,33,37)(H,34,36). The molecule has 10 heteroatoms. The van der Waals surface area contributed by atoms with Crippen LogP contribution >= 0.6 is 0 Å². The van der Waals surface area contributed by atoms with Crippen LogP contribution in [0.25, 0.3) is 0 Å². The van der Waals surface area contributed by atoms with Gasteiger partial charge in [-0.05, 0) is 50.7 Å². The largest absolute Gasteiger partial charge is 0.490 e. The molecule has 3 N–H and O–H groups in total. The Morgan fingerprint density at radius 2 is 1.84 bits per heavy atom. The average Bonchev–Trinajstić information content (AvgIpc) is 2.92. The second-order valence-corrected chi connectivity index (χ2v) is 9.90. The smallest absolute Gasteiger partial charge is 0.327 e. The fourth-order valence-electron chi connectivity index (χ4n) is 5.06. The maximum atomic E-state index is 15.2. The fraction of sp³-hybridized carbons (Fsp3) is 0.464. The van der Waals surface area contributed by atoms with E-state index in [1.807, 2.05) is 6.92 Å². The van der Waals surface area contributed by atoms with Crippen molar-refractivity contribution in [1.29, 1.82) is 5.41 Å². The Bertz CT molecular complexity index is 1200. The molecule has 0 spiro atoms. The summed E-state index contributed by atoms with van der Waals surface area (Å²) in [4.78, 5) is 27.3. The molecule has 3 amide bonds. The Balaban J connectivity index is 1.64. The lowest BCUT2D eigenvalue weighted by atomic mass is 9.86. The Hall–Kier alpha value is -3.56. The van der Waals surface area contributed by atoms with Crippen molar-refractivity contribution in [2.24, 2.45) is 5.92 Å². The monoisotopic (exact) mass is 530 g/mol. The molecule has 1 aliphatic heterocycles. The molecule has 4 rings (SSSR count). The Morgan fingerprint density at radius 3 is 2.55 bits per heavy atom. The van der Waals surface area contributed by atoms with Gasteiger partial charge in [-0.25, -0.2) is 18.0 Å². The molecule has 0 bridgehead atoms. The quantitative estimate of drug-likeness (QED) is 0.359. The number of carbonyl (C=O) groups is 2. The van der Waals surface area contributed by atoms with Gasteiger partial charge >= 0.3 is 6.03 Å². The van der Waals surface area contributed by atoms with E-state index in [0.29, 0.717) is 13.0 Å². The number of rotatable bonds is 7. The van der Waals surface area contributed by atoms with Crippen LogP contribution in [-0.4, -0.2) is 35.3 Å². The second kappa shape index (κ2) is 12.3.